The summed E-state index contributed by atoms with van der Waals surface area (Å²) in [6, 6.07) is 1.48. The first-order valence-corrected chi connectivity index (χ1v) is 10.00. The highest BCUT2D eigenvalue weighted by atomic mass is 35.5. The minimum absolute atomic E-state index is 0.0392. The molecule has 2 unspecified atom stereocenters. The summed E-state index contributed by atoms with van der Waals surface area (Å²) in [4.78, 5) is 28.5. The summed E-state index contributed by atoms with van der Waals surface area (Å²) in [6.45, 7) is 2.57. The van der Waals surface area contributed by atoms with E-state index in [-0.39, 0.29) is 28.1 Å². The van der Waals surface area contributed by atoms with Gasteiger partial charge in [-0.05, 0) is 38.3 Å². The molecule has 0 spiro atoms. The molecule has 5 rings (SSSR count). The minimum Gasteiger partial charge on any atom is -0.477 e. The highest BCUT2D eigenvalue weighted by Gasteiger charge is 2.42. The van der Waals surface area contributed by atoms with Gasteiger partial charge >= 0.3 is 5.97 Å². The number of fused-ring (bicyclic) bond motifs is 2. The van der Waals surface area contributed by atoms with E-state index < -0.39 is 17.2 Å². The molecule has 1 aromatic carbocycles. The summed E-state index contributed by atoms with van der Waals surface area (Å²) in [5, 5.41) is 9.65. The van der Waals surface area contributed by atoms with Crippen molar-refractivity contribution in [2.45, 2.75) is 31.3 Å². The Labute approximate surface area is 166 Å². The van der Waals surface area contributed by atoms with E-state index in [2.05, 4.69) is 11.9 Å². The molecule has 3 fully saturated rings. The molecule has 2 aliphatic heterocycles. The number of hydrogen-bond acceptors (Lipinski definition) is 4. The van der Waals surface area contributed by atoms with E-state index in [1.807, 2.05) is 4.90 Å². The minimum atomic E-state index is -1.31. The van der Waals surface area contributed by atoms with Gasteiger partial charge in [-0.15, -0.1) is 0 Å². The first-order chi connectivity index (χ1) is 13.4. The normalized spacial score (nSPS) is 24.9. The van der Waals surface area contributed by atoms with Crippen molar-refractivity contribution in [3.8, 4) is 0 Å². The fourth-order valence-electron chi connectivity index (χ4n) is 4.94. The zero-order chi connectivity index (χ0) is 19.7. The van der Waals surface area contributed by atoms with Crippen LogP contribution in [0, 0.1) is 11.7 Å². The Bertz CT molecular complexity index is 1070. The van der Waals surface area contributed by atoms with Crippen molar-refractivity contribution < 1.29 is 14.3 Å². The van der Waals surface area contributed by atoms with Crippen molar-refractivity contribution in [1.29, 1.82) is 0 Å². The predicted octanol–water partition coefficient (Wildman–Crippen LogP) is 2.97. The Kier molecular flexibility index (Phi) is 3.97. The average molecular weight is 406 g/mol. The van der Waals surface area contributed by atoms with Crippen LogP contribution in [0.15, 0.2) is 17.1 Å². The number of aromatic nitrogens is 1. The van der Waals surface area contributed by atoms with Crippen LogP contribution in [0.1, 0.15) is 35.7 Å². The number of hydrogen-bond donors (Lipinski definition) is 1. The molecular formula is C20H21ClFN3O3. The van der Waals surface area contributed by atoms with Crippen molar-refractivity contribution in [3.63, 3.8) is 0 Å². The third-order valence-electron chi connectivity index (χ3n) is 6.37. The highest BCUT2D eigenvalue weighted by molar-refractivity contribution is 6.38. The van der Waals surface area contributed by atoms with Gasteiger partial charge in [0.1, 0.15) is 11.4 Å². The molecule has 2 aromatic rings. The van der Waals surface area contributed by atoms with Crippen LogP contribution in [0.25, 0.3) is 10.9 Å². The second-order valence-electron chi connectivity index (χ2n) is 8.26. The summed E-state index contributed by atoms with van der Waals surface area (Å²) >= 11 is 6.73. The van der Waals surface area contributed by atoms with Gasteiger partial charge in [-0.2, -0.15) is 0 Å². The van der Waals surface area contributed by atoms with Crippen molar-refractivity contribution in [2.24, 2.45) is 5.92 Å². The molecule has 0 radical (unpaired) electrons. The van der Waals surface area contributed by atoms with E-state index in [4.69, 9.17) is 11.6 Å². The number of nitrogens with zero attached hydrogens (tertiary/aromatic N) is 3. The van der Waals surface area contributed by atoms with Gasteiger partial charge < -0.3 is 19.5 Å². The quantitative estimate of drug-likeness (QED) is 0.850. The van der Waals surface area contributed by atoms with E-state index in [9.17, 15) is 14.7 Å². The van der Waals surface area contributed by atoms with E-state index in [1.165, 1.54) is 12.3 Å². The second kappa shape index (κ2) is 6.19. The van der Waals surface area contributed by atoms with Crippen LogP contribution in [0.3, 0.4) is 0 Å². The van der Waals surface area contributed by atoms with Crippen LogP contribution in [-0.4, -0.2) is 53.3 Å². The maximum absolute atomic E-state index is 15.2. The van der Waals surface area contributed by atoms with E-state index in [0.717, 1.165) is 38.9 Å². The molecule has 148 valence electrons. The second-order valence-corrected chi connectivity index (χ2v) is 8.64. The number of rotatable bonds is 3. The van der Waals surface area contributed by atoms with Crippen LogP contribution in [-0.2, 0) is 0 Å². The Morgan fingerprint density at radius 3 is 2.71 bits per heavy atom. The van der Waals surface area contributed by atoms with E-state index in [0.29, 0.717) is 17.1 Å². The standard InChI is InChI=1S/C20H21ClFN3O3/c1-23-7-10-4-5-24(15(10)9-23)18-14(22)6-12-17(16(18)21)25(11-2-3-11)8-13(19(12)26)20(27)28/h6,8,10-11,15H,2-5,7,9H2,1H3,(H,27,28). The number of pyridine rings is 1. The highest BCUT2D eigenvalue weighted by Crippen LogP contribution is 2.44. The van der Waals surface area contributed by atoms with Crippen LogP contribution >= 0.6 is 11.6 Å². The number of likely N-dealkylation sites (tertiary alicyclic amines) is 1. The predicted molar refractivity (Wildman–Crippen MR) is 105 cm³/mol. The van der Waals surface area contributed by atoms with Crippen molar-refractivity contribution in [1.82, 2.24) is 9.47 Å². The maximum Gasteiger partial charge on any atom is 0.341 e. The lowest BCUT2D eigenvalue weighted by Gasteiger charge is -2.28. The molecule has 1 N–H and O–H groups in total. The van der Waals surface area contributed by atoms with Crippen molar-refractivity contribution in [3.05, 3.63) is 38.9 Å². The lowest BCUT2D eigenvalue weighted by atomic mass is 10.0. The van der Waals surface area contributed by atoms with E-state index >= 15 is 4.39 Å². The van der Waals surface area contributed by atoms with Gasteiger partial charge in [0.25, 0.3) is 0 Å². The van der Waals surface area contributed by atoms with Crippen molar-refractivity contribution in [2.75, 3.05) is 31.6 Å². The third-order valence-corrected chi connectivity index (χ3v) is 6.73. The Hall–Kier alpha value is -2.12. The number of carboxylic acid groups (broad SMARTS) is 1. The van der Waals surface area contributed by atoms with Gasteiger partial charge in [0, 0.05) is 37.9 Å². The molecule has 3 aliphatic rings. The molecule has 3 heterocycles. The van der Waals surface area contributed by atoms with Gasteiger partial charge in [-0.1, -0.05) is 11.6 Å². The summed E-state index contributed by atoms with van der Waals surface area (Å²) in [7, 11) is 2.06. The van der Waals surface area contributed by atoms with Crippen LogP contribution in [0.5, 0.6) is 0 Å². The molecule has 2 atom stereocenters. The summed E-state index contributed by atoms with van der Waals surface area (Å²) in [5.41, 5.74) is -0.243. The van der Waals surface area contributed by atoms with Gasteiger partial charge in [0.15, 0.2) is 0 Å². The van der Waals surface area contributed by atoms with Gasteiger partial charge in [-0.25, -0.2) is 9.18 Å². The largest absolute Gasteiger partial charge is 0.477 e. The van der Waals surface area contributed by atoms with Crippen LogP contribution in [0.2, 0.25) is 5.02 Å². The lowest BCUT2D eigenvalue weighted by molar-refractivity contribution is 0.0695. The third kappa shape index (κ3) is 2.56. The van der Waals surface area contributed by atoms with Crippen LogP contribution in [0.4, 0.5) is 10.1 Å². The Balaban J connectivity index is 1.74. The lowest BCUT2D eigenvalue weighted by Crippen LogP contribution is -2.35. The number of anilines is 1. The monoisotopic (exact) mass is 405 g/mol. The number of carbonyl (C=O) groups is 1. The summed E-state index contributed by atoms with van der Waals surface area (Å²) in [5.74, 6) is -1.39. The molecule has 6 nitrogen and oxygen atoms in total. The van der Waals surface area contributed by atoms with Gasteiger partial charge in [-0.3, -0.25) is 4.79 Å². The number of aromatic carboxylic acids is 1. The summed E-state index contributed by atoms with van der Waals surface area (Å²) in [6.07, 6.45) is 4.13. The molecular weight excluding hydrogens is 385 g/mol. The maximum atomic E-state index is 15.2. The molecule has 8 heteroatoms. The van der Waals surface area contributed by atoms with Gasteiger partial charge in [0.05, 0.1) is 21.6 Å². The molecule has 1 aliphatic carbocycles. The number of halogens is 2. The number of carboxylic acids is 1. The smallest absolute Gasteiger partial charge is 0.341 e. The fourth-order valence-corrected chi connectivity index (χ4v) is 5.34. The van der Waals surface area contributed by atoms with Crippen molar-refractivity contribution >= 4 is 34.2 Å². The molecule has 0 amide bonds. The fraction of sp³-hybridized carbons (Fsp3) is 0.500. The summed E-state index contributed by atoms with van der Waals surface area (Å²) < 4.78 is 17.0. The zero-order valence-corrected chi connectivity index (χ0v) is 16.2. The Morgan fingerprint density at radius 2 is 2.04 bits per heavy atom. The SMILES string of the molecule is CN1CC2CCN(c3c(F)cc4c(=O)c(C(=O)O)cn(C5CC5)c4c3Cl)C2C1. The molecule has 0 bridgehead atoms. The molecule has 28 heavy (non-hydrogen) atoms. The number of likely N-dealkylation sites (N-methyl/N-ethyl adjacent to an activating group) is 1. The Morgan fingerprint density at radius 1 is 1.29 bits per heavy atom. The first-order valence-electron chi connectivity index (χ1n) is 9.62. The first kappa shape index (κ1) is 17.9. The van der Waals surface area contributed by atoms with Crippen LogP contribution < -0.4 is 10.3 Å². The molecule has 1 aromatic heterocycles. The molecule has 2 saturated heterocycles. The molecule has 1 saturated carbocycles. The van der Waals surface area contributed by atoms with Gasteiger partial charge in [0.2, 0.25) is 5.43 Å². The van der Waals surface area contributed by atoms with E-state index in [1.54, 1.807) is 4.57 Å². The average Bonchev–Trinajstić information content (AvgIpc) is 3.31. The topological polar surface area (TPSA) is 65.8 Å². The number of benzene rings is 1. The zero-order valence-electron chi connectivity index (χ0n) is 15.5.